The van der Waals surface area contributed by atoms with Gasteiger partial charge in [-0.05, 0) is 57.1 Å². The fourth-order valence-corrected chi connectivity index (χ4v) is 3.13. The van der Waals surface area contributed by atoms with E-state index in [-0.39, 0.29) is 6.04 Å². The molecule has 2 aromatic rings. The van der Waals surface area contributed by atoms with Crippen LogP contribution in [-0.2, 0) is 6.42 Å². The van der Waals surface area contributed by atoms with Crippen molar-refractivity contribution in [2.75, 3.05) is 0 Å². The highest BCUT2D eigenvalue weighted by molar-refractivity contribution is 9.11. The summed E-state index contributed by atoms with van der Waals surface area (Å²) in [4.78, 5) is 0. The summed E-state index contributed by atoms with van der Waals surface area (Å²) in [6, 6.07) is 10.6. The summed E-state index contributed by atoms with van der Waals surface area (Å²) in [7, 11) is 0. The van der Waals surface area contributed by atoms with Crippen molar-refractivity contribution in [2.24, 2.45) is 5.84 Å². The van der Waals surface area contributed by atoms with E-state index in [0.29, 0.717) is 0 Å². The number of thiophene rings is 1. The number of hydrogen-bond donors (Lipinski definition) is 2. The van der Waals surface area contributed by atoms with Crippen molar-refractivity contribution in [3.05, 3.63) is 55.1 Å². The molecule has 0 aliphatic heterocycles. The average Bonchev–Trinajstić information content (AvgIpc) is 2.75. The van der Waals surface area contributed by atoms with Gasteiger partial charge in [-0.2, -0.15) is 0 Å². The van der Waals surface area contributed by atoms with Gasteiger partial charge in [0.2, 0.25) is 0 Å². The average molecular weight is 376 g/mol. The molecular weight excluding hydrogens is 364 g/mol. The van der Waals surface area contributed by atoms with E-state index in [0.717, 1.165) is 14.7 Å². The Kier molecular flexibility index (Phi) is 4.76. The van der Waals surface area contributed by atoms with Gasteiger partial charge in [0.25, 0.3) is 0 Å². The number of nitrogens with one attached hydrogen (secondary N) is 1. The predicted molar refractivity (Wildman–Crippen MR) is 79.9 cm³/mol. The largest absolute Gasteiger partial charge is 0.271 e. The van der Waals surface area contributed by atoms with Gasteiger partial charge in [0.15, 0.2) is 0 Å². The number of benzene rings is 1. The molecule has 1 aromatic heterocycles. The zero-order valence-corrected chi connectivity index (χ0v) is 13.0. The molecule has 0 saturated heterocycles. The highest BCUT2D eigenvalue weighted by Gasteiger charge is 2.12. The molecule has 0 bridgehead atoms. The van der Waals surface area contributed by atoms with Crippen LogP contribution in [0.1, 0.15) is 17.2 Å². The van der Waals surface area contributed by atoms with Crippen LogP contribution in [0.15, 0.2) is 44.0 Å². The van der Waals surface area contributed by atoms with Crippen LogP contribution in [0.5, 0.6) is 0 Å². The maximum absolute atomic E-state index is 5.62. The Hall–Kier alpha value is -0.200. The molecule has 1 unspecified atom stereocenters. The maximum atomic E-state index is 5.62. The number of hydrazine groups is 1. The Morgan fingerprint density at radius 3 is 2.47 bits per heavy atom. The van der Waals surface area contributed by atoms with Crippen LogP contribution in [0.25, 0.3) is 0 Å². The van der Waals surface area contributed by atoms with Gasteiger partial charge in [-0.1, -0.05) is 28.1 Å². The summed E-state index contributed by atoms with van der Waals surface area (Å²) in [6.45, 7) is 0. The molecule has 1 aromatic carbocycles. The van der Waals surface area contributed by atoms with Crippen molar-refractivity contribution >= 4 is 43.2 Å². The Balaban J connectivity index is 2.12. The van der Waals surface area contributed by atoms with E-state index in [1.165, 1.54) is 11.1 Å². The van der Waals surface area contributed by atoms with Gasteiger partial charge in [-0.25, -0.2) is 0 Å². The summed E-state index contributed by atoms with van der Waals surface area (Å²) in [5.74, 6) is 5.62. The van der Waals surface area contributed by atoms with Crippen LogP contribution in [0, 0.1) is 0 Å². The summed E-state index contributed by atoms with van der Waals surface area (Å²) in [5.41, 5.74) is 5.35. The van der Waals surface area contributed by atoms with Gasteiger partial charge < -0.3 is 0 Å². The van der Waals surface area contributed by atoms with Crippen LogP contribution >= 0.6 is 43.2 Å². The lowest BCUT2D eigenvalue weighted by Gasteiger charge is -2.14. The molecule has 90 valence electrons. The molecule has 2 rings (SSSR count). The molecule has 1 atom stereocenters. The summed E-state index contributed by atoms with van der Waals surface area (Å²) in [5, 5.41) is 2.12. The first kappa shape index (κ1) is 13.2. The van der Waals surface area contributed by atoms with Crippen molar-refractivity contribution < 1.29 is 0 Å². The topological polar surface area (TPSA) is 38.0 Å². The Morgan fingerprint density at radius 1 is 1.24 bits per heavy atom. The molecule has 0 aliphatic carbocycles. The van der Waals surface area contributed by atoms with Crippen LogP contribution in [0.2, 0.25) is 0 Å². The van der Waals surface area contributed by atoms with Crippen molar-refractivity contribution in [1.29, 1.82) is 0 Å². The molecule has 0 spiro atoms. The van der Waals surface area contributed by atoms with Crippen LogP contribution in [0.4, 0.5) is 0 Å². The molecule has 1 heterocycles. The quantitative estimate of drug-likeness (QED) is 0.625. The first-order valence-electron chi connectivity index (χ1n) is 5.13. The summed E-state index contributed by atoms with van der Waals surface area (Å²) >= 11 is 8.58. The van der Waals surface area contributed by atoms with Gasteiger partial charge in [0.1, 0.15) is 0 Å². The Labute approximate surface area is 121 Å². The number of nitrogens with two attached hydrogens (primary N) is 1. The van der Waals surface area contributed by atoms with Gasteiger partial charge in [0.05, 0.1) is 9.83 Å². The second-order valence-electron chi connectivity index (χ2n) is 3.73. The van der Waals surface area contributed by atoms with E-state index in [1.807, 2.05) is 12.1 Å². The number of rotatable bonds is 4. The number of hydrogen-bond acceptors (Lipinski definition) is 3. The Morgan fingerprint density at radius 2 is 1.94 bits per heavy atom. The standard InChI is InChI=1S/C12H12Br2N2S/c13-10-3-1-8(2-4-10)5-11(16-15)9-6-12(14)17-7-9/h1-4,6-7,11,16H,5,15H2. The van der Waals surface area contributed by atoms with E-state index >= 15 is 0 Å². The summed E-state index contributed by atoms with van der Waals surface area (Å²) < 4.78 is 2.22. The molecule has 0 fully saturated rings. The van der Waals surface area contributed by atoms with Crippen molar-refractivity contribution in [3.8, 4) is 0 Å². The fraction of sp³-hybridized carbons (Fsp3) is 0.167. The molecule has 0 radical (unpaired) electrons. The van der Waals surface area contributed by atoms with Crippen LogP contribution in [0.3, 0.4) is 0 Å². The lowest BCUT2D eigenvalue weighted by atomic mass is 10.0. The fourth-order valence-electron chi connectivity index (χ4n) is 1.64. The Bertz CT molecular complexity index is 482. The first-order chi connectivity index (χ1) is 8.19. The maximum Gasteiger partial charge on any atom is 0.0701 e. The lowest BCUT2D eigenvalue weighted by Crippen LogP contribution is -2.29. The van der Waals surface area contributed by atoms with Gasteiger partial charge >= 0.3 is 0 Å². The highest BCUT2D eigenvalue weighted by Crippen LogP contribution is 2.27. The zero-order valence-electron chi connectivity index (χ0n) is 8.99. The van der Waals surface area contributed by atoms with Crippen LogP contribution in [-0.4, -0.2) is 0 Å². The molecule has 17 heavy (non-hydrogen) atoms. The highest BCUT2D eigenvalue weighted by atomic mass is 79.9. The van der Waals surface area contributed by atoms with E-state index in [1.54, 1.807) is 11.3 Å². The van der Waals surface area contributed by atoms with Crippen LogP contribution < -0.4 is 11.3 Å². The van der Waals surface area contributed by atoms with Gasteiger partial charge in [-0.3, -0.25) is 11.3 Å². The second kappa shape index (κ2) is 6.11. The minimum absolute atomic E-state index is 0.152. The minimum Gasteiger partial charge on any atom is -0.271 e. The molecule has 0 saturated carbocycles. The van der Waals surface area contributed by atoms with Gasteiger partial charge in [0, 0.05) is 4.47 Å². The molecule has 5 heteroatoms. The third-order valence-electron chi connectivity index (χ3n) is 2.54. The molecule has 2 nitrogen and oxygen atoms in total. The van der Waals surface area contributed by atoms with Crippen molar-refractivity contribution in [1.82, 2.24) is 5.43 Å². The third kappa shape index (κ3) is 3.63. The molecule has 0 amide bonds. The normalized spacial score (nSPS) is 12.6. The predicted octanol–water partition coefficient (Wildman–Crippen LogP) is 4.02. The van der Waals surface area contributed by atoms with E-state index in [9.17, 15) is 0 Å². The van der Waals surface area contributed by atoms with Crippen molar-refractivity contribution in [3.63, 3.8) is 0 Å². The molecule has 0 aliphatic rings. The molecular formula is C12H12Br2N2S. The SMILES string of the molecule is NNC(Cc1ccc(Br)cc1)c1csc(Br)c1. The lowest BCUT2D eigenvalue weighted by molar-refractivity contribution is 0.553. The van der Waals surface area contributed by atoms with Gasteiger partial charge in [-0.15, -0.1) is 11.3 Å². The van der Waals surface area contributed by atoms with E-state index in [2.05, 4.69) is 60.9 Å². The number of halogens is 2. The van der Waals surface area contributed by atoms with E-state index in [4.69, 9.17) is 5.84 Å². The summed E-state index contributed by atoms with van der Waals surface area (Å²) in [6.07, 6.45) is 0.882. The second-order valence-corrected chi connectivity index (χ2v) is 6.94. The monoisotopic (exact) mass is 374 g/mol. The third-order valence-corrected chi connectivity index (χ3v) is 4.60. The minimum atomic E-state index is 0.152. The smallest absolute Gasteiger partial charge is 0.0701 e. The molecule has 3 N–H and O–H groups in total. The first-order valence-corrected chi connectivity index (χ1v) is 7.60. The zero-order chi connectivity index (χ0) is 12.3. The van der Waals surface area contributed by atoms with E-state index < -0.39 is 0 Å². The van der Waals surface area contributed by atoms with Crippen molar-refractivity contribution in [2.45, 2.75) is 12.5 Å².